The van der Waals surface area contributed by atoms with E-state index in [4.69, 9.17) is 0 Å². The third-order valence-corrected chi connectivity index (χ3v) is 3.61. The summed E-state index contributed by atoms with van der Waals surface area (Å²) in [6, 6.07) is 0. The molecule has 5 nitrogen and oxygen atoms in total. The number of aliphatic imine (C=N–C) groups is 1. The molecule has 1 aliphatic heterocycles. The molecule has 1 unspecified atom stereocenters. The Morgan fingerprint density at radius 1 is 1.30 bits per heavy atom. The highest BCUT2D eigenvalue weighted by Gasteiger charge is 2.24. The standard InChI is InChI=1S/C15H19N5/c1-19(2)6-5-13-8-17-15-4-3-12(7-14(13)15)9-20-11-16-10-18-20/h3-4,7-8,10-11,14H,5-6,9H2,1-2H3. The fraction of sp³-hybridized carbons (Fsp3) is 0.400. The molecule has 0 fully saturated rings. The van der Waals surface area contributed by atoms with Crippen LogP contribution < -0.4 is 0 Å². The fourth-order valence-electron chi connectivity index (χ4n) is 2.49. The Bertz CT molecular complexity index is 590. The minimum absolute atomic E-state index is 0.346. The van der Waals surface area contributed by atoms with E-state index in [2.05, 4.69) is 52.3 Å². The Morgan fingerprint density at radius 2 is 2.20 bits per heavy atom. The molecule has 2 heterocycles. The number of hydrogen-bond acceptors (Lipinski definition) is 4. The molecule has 0 amide bonds. The van der Waals surface area contributed by atoms with Gasteiger partial charge in [-0.3, -0.25) is 4.99 Å². The second-order valence-corrected chi connectivity index (χ2v) is 5.46. The van der Waals surface area contributed by atoms with Gasteiger partial charge < -0.3 is 4.90 Å². The van der Waals surface area contributed by atoms with Gasteiger partial charge in [0.25, 0.3) is 0 Å². The monoisotopic (exact) mass is 269 g/mol. The lowest BCUT2D eigenvalue weighted by Gasteiger charge is -2.18. The van der Waals surface area contributed by atoms with Crippen LogP contribution in [0.25, 0.3) is 0 Å². The van der Waals surface area contributed by atoms with Gasteiger partial charge in [0.1, 0.15) is 12.7 Å². The SMILES string of the molecule is CN(C)CCC1=CN=C2C=CC(Cn3cncn3)=CC12. The summed E-state index contributed by atoms with van der Waals surface area (Å²) >= 11 is 0. The second-order valence-electron chi connectivity index (χ2n) is 5.46. The third-order valence-electron chi connectivity index (χ3n) is 3.61. The highest BCUT2D eigenvalue weighted by atomic mass is 15.3. The predicted molar refractivity (Wildman–Crippen MR) is 79.4 cm³/mol. The van der Waals surface area contributed by atoms with Crippen molar-refractivity contribution in [2.75, 3.05) is 20.6 Å². The molecule has 0 radical (unpaired) electrons. The Labute approximate surface area is 119 Å². The molecule has 2 aliphatic rings. The summed E-state index contributed by atoms with van der Waals surface area (Å²) in [7, 11) is 4.20. The molecule has 1 aliphatic carbocycles. The molecule has 1 aromatic heterocycles. The van der Waals surface area contributed by atoms with Crippen LogP contribution in [0, 0.1) is 5.92 Å². The first-order valence-corrected chi connectivity index (χ1v) is 6.85. The lowest BCUT2D eigenvalue weighted by molar-refractivity contribution is 0.410. The maximum absolute atomic E-state index is 4.52. The number of nitrogens with zero attached hydrogens (tertiary/aromatic N) is 5. The van der Waals surface area contributed by atoms with Gasteiger partial charge >= 0.3 is 0 Å². The van der Waals surface area contributed by atoms with Crippen molar-refractivity contribution in [3.8, 4) is 0 Å². The van der Waals surface area contributed by atoms with E-state index in [0.29, 0.717) is 5.92 Å². The van der Waals surface area contributed by atoms with Crippen LogP contribution in [0.1, 0.15) is 6.42 Å². The van der Waals surface area contributed by atoms with Gasteiger partial charge in [0, 0.05) is 18.7 Å². The van der Waals surface area contributed by atoms with E-state index in [0.717, 1.165) is 25.2 Å². The topological polar surface area (TPSA) is 46.3 Å². The van der Waals surface area contributed by atoms with Crippen molar-refractivity contribution in [3.05, 3.63) is 48.2 Å². The number of allylic oxidation sites excluding steroid dienone is 4. The molecule has 1 atom stereocenters. The fourth-order valence-corrected chi connectivity index (χ4v) is 2.49. The average molecular weight is 269 g/mol. The minimum atomic E-state index is 0.346. The van der Waals surface area contributed by atoms with Crippen molar-refractivity contribution in [1.29, 1.82) is 0 Å². The Balaban J connectivity index is 1.70. The summed E-state index contributed by atoms with van der Waals surface area (Å²) in [5, 5.41) is 4.15. The molecule has 0 N–H and O–H groups in total. The number of fused-ring (bicyclic) bond motifs is 1. The van der Waals surface area contributed by atoms with Crippen molar-refractivity contribution >= 4 is 5.71 Å². The van der Waals surface area contributed by atoms with Gasteiger partial charge in [0.15, 0.2) is 0 Å². The molecule has 0 aromatic carbocycles. The van der Waals surface area contributed by atoms with Crippen molar-refractivity contribution in [2.45, 2.75) is 13.0 Å². The average Bonchev–Trinajstić information content (AvgIpc) is 3.05. The van der Waals surface area contributed by atoms with Gasteiger partial charge in [-0.2, -0.15) is 5.10 Å². The van der Waals surface area contributed by atoms with E-state index in [1.807, 2.05) is 10.9 Å². The molecule has 20 heavy (non-hydrogen) atoms. The number of aromatic nitrogens is 3. The van der Waals surface area contributed by atoms with E-state index in [9.17, 15) is 0 Å². The van der Waals surface area contributed by atoms with Gasteiger partial charge in [0.05, 0.1) is 12.3 Å². The van der Waals surface area contributed by atoms with E-state index >= 15 is 0 Å². The Morgan fingerprint density at radius 3 is 2.95 bits per heavy atom. The third kappa shape index (κ3) is 2.77. The molecule has 0 saturated heterocycles. The summed E-state index contributed by atoms with van der Waals surface area (Å²) in [6.07, 6.45) is 13.0. The minimum Gasteiger partial charge on any atom is -0.309 e. The summed E-state index contributed by atoms with van der Waals surface area (Å²) < 4.78 is 1.84. The highest BCUT2D eigenvalue weighted by Crippen LogP contribution is 2.29. The lowest BCUT2D eigenvalue weighted by Crippen LogP contribution is -2.18. The normalized spacial score (nSPS) is 20.8. The molecule has 0 bridgehead atoms. The van der Waals surface area contributed by atoms with Gasteiger partial charge in [-0.15, -0.1) is 0 Å². The molecule has 0 saturated carbocycles. The van der Waals surface area contributed by atoms with Crippen LogP contribution in [-0.4, -0.2) is 46.0 Å². The molecular weight excluding hydrogens is 250 g/mol. The first kappa shape index (κ1) is 13.0. The zero-order chi connectivity index (χ0) is 13.9. The number of hydrogen-bond donors (Lipinski definition) is 0. The molecule has 0 spiro atoms. The first-order valence-electron chi connectivity index (χ1n) is 6.85. The lowest BCUT2D eigenvalue weighted by atomic mass is 9.88. The van der Waals surface area contributed by atoms with E-state index in [1.165, 1.54) is 11.1 Å². The van der Waals surface area contributed by atoms with E-state index in [-0.39, 0.29) is 0 Å². The zero-order valence-corrected chi connectivity index (χ0v) is 11.9. The zero-order valence-electron chi connectivity index (χ0n) is 11.9. The molecule has 1 aromatic rings. The van der Waals surface area contributed by atoms with Gasteiger partial charge in [-0.1, -0.05) is 12.2 Å². The summed E-state index contributed by atoms with van der Waals surface area (Å²) in [4.78, 5) is 10.7. The largest absolute Gasteiger partial charge is 0.309 e. The molecule has 5 heteroatoms. The van der Waals surface area contributed by atoms with Crippen molar-refractivity contribution in [3.63, 3.8) is 0 Å². The van der Waals surface area contributed by atoms with Crippen molar-refractivity contribution in [2.24, 2.45) is 10.9 Å². The van der Waals surface area contributed by atoms with Crippen LogP contribution in [0.3, 0.4) is 0 Å². The van der Waals surface area contributed by atoms with Crippen LogP contribution in [0.2, 0.25) is 0 Å². The van der Waals surface area contributed by atoms with Crippen LogP contribution in [0.15, 0.2) is 53.2 Å². The maximum atomic E-state index is 4.52. The first-order chi connectivity index (χ1) is 9.72. The Kier molecular flexibility index (Phi) is 3.60. The van der Waals surface area contributed by atoms with Gasteiger partial charge in [-0.05, 0) is 37.7 Å². The van der Waals surface area contributed by atoms with Crippen LogP contribution in [-0.2, 0) is 6.54 Å². The van der Waals surface area contributed by atoms with Crippen LogP contribution in [0.5, 0.6) is 0 Å². The Hall–Kier alpha value is -2.01. The van der Waals surface area contributed by atoms with E-state index in [1.54, 1.807) is 12.7 Å². The maximum Gasteiger partial charge on any atom is 0.137 e. The summed E-state index contributed by atoms with van der Waals surface area (Å²) in [5.41, 5.74) is 3.81. The quantitative estimate of drug-likeness (QED) is 0.817. The van der Waals surface area contributed by atoms with Crippen molar-refractivity contribution in [1.82, 2.24) is 19.7 Å². The van der Waals surface area contributed by atoms with Crippen LogP contribution >= 0.6 is 0 Å². The van der Waals surface area contributed by atoms with Crippen molar-refractivity contribution < 1.29 is 0 Å². The molecule has 104 valence electrons. The predicted octanol–water partition coefficient (Wildman–Crippen LogP) is 1.68. The molecular formula is C15H19N5. The van der Waals surface area contributed by atoms with Crippen LogP contribution in [0.4, 0.5) is 0 Å². The number of rotatable bonds is 5. The summed E-state index contributed by atoms with van der Waals surface area (Å²) in [5.74, 6) is 0.346. The molecule has 3 rings (SSSR count). The highest BCUT2D eigenvalue weighted by molar-refractivity contribution is 6.03. The van der Waals surface area contributed by atoms with E-state index < -0.39 is 0 Å². The van der Waals surface area contributed by atoms with Gasteiger partial charge in [0.2, 0.25) is 0 Å². The second kappa shape index (κ2) is 5.54. The van der Waals surface area contributed by atoms with Gasteiger partial charge in [-0.25, -0.2) is 9.67 Å². The summed E-state index contributed by atoms with van der Waals surface area (Å²) in [6.45, 7) is 1.82. The smallest absolute Gasteiger partial charge is 0.137 e.